The van der Waals surface area contributed by atoms with Crippen LogP contribution in [0.3, 0.4) is 0 Å². The molecule has 2 aromatic rings. The number of hydrogen-bond acceptors (Lipinski definition) is 3. The van der Waals surface area contributed by atoms with Gasteiger partial charge in [-0.1, -0.05) is 45.7 Å². The first kappa shape index (κ1) is 20.0. The molecule has 2 atom stereocenters. The van der Waals surface area contributed by atoms with Gasteiger partial charge in [0.1, 0.15) is 0 Å². The molecule has 1 saturated carbocycles. The van der Waals surface area contributed by atoms with Crippen molar-refractivity contribution >= 4 is 43.2 Å². The zero-order valence-electron chi connectivity index (χ0n) is 15.3. The Labute approximate surface area is 179 Å². The van der Waals surface area contributed by atoms with E-state index in [0.29, 0.717) is 18.0 Å². The van der Waals surface area contributed by atoms with Gasteiger partial charge in [0.05, 0.1) is 4.90 Å². The van der Waals surface area contributed by atoms with Gasteiger partial charge in [0.2, 0.25) is 10.0 Å². The fraction of sp³-hybridized carbons (Fsp3) is 0.333. The van der Waals surface area contributed by atoms with E-state index in [1.165, 1.54) is 23.3 Å². The highest BCUT2D eigenvalue weighted by Crippen LogP contribution is 2.55. The highest BCUT2D eigenvalue weighted by molar-refractivity contribution is 9.10. The summed E-state index contributed by atoms with van der Waals surface area (Å²) < 4.78 is 29.1. The fourth-order valence-electron chi connectivity index (χ4n) is 4.62. The topological polar surface area (TPSA) is 58.2 Å². The molecule has 1 aliphatic heterocycles. The molecule has 4 rings (SSSR count). The van der Waals surface area contributed by atoms with E-state index in [2.05, 4.69) is 38.6 Å². The summed E-state index contributed by atoms with van der Waals surface area (Å²) in [4.78, 5) is 0.222. The number of benzene rings is 2. The monoisotopic (exact) mass is 480 g/mol. The SMILES string of the molecule is C=C1CCC[C@@H]2Nc3cccc(Br)c3[C@@]12CCNS(=O)(=O)c1ccc(Cl)cc1. The third-order valence-electron chi connectivity index (χ3n) is 5.92. The standard InChI is InChI=1S/C21H22BrClN2O2S/c1-14-4-2-7-19-21(14,20-17(22)5-3-6-18(20)25-19)12-13-24-28(26,27)16-10-8-15(23)9-11-16/h3,5-6,8-11,19,24-25H,1-2,4,7,12-13H2/t19-,21-/m0/s1. The number of nitrogens with one attached hydrogen (secondary N) is 2. The van der Waals surface area contributed by atoms with Gasteiger partial charge < -0.3 is 5.32 Å². The van der Waals surface area contributed by atoms with Crippen LogP contribution in [-0.4, -0.2) is 21.0 Å². The molecule has 0 spiro atoms. The summed E-state index contributed by atoms with van der Waals surface area (Å²) in [6, 6.07) is 12.6. The van der Waals surface area contributed by atoms with E-state index >= 15 is 0 Å². The van der Waals surface area contributed by atoms with E-state index in [0.717, 1.165) is 29.4 Å². The number of hydrogen-bond donors (Lipinski definition) is 2. The largest absolute Gasteiger partial charge is 0.381 e. The van der Waals surface area contributed by atoms with Gasteiger partial charge >= 0.3 is 0 Å². The lowest BCUT2D eigenvalue weighted by Gasteiger charge is -2.42. The van der Waals surface area contributed by atoms with Crippen molar-refractivity contribution < 1.29 is 8.42 Å². The van der Waals surface area contributed by atoms with Crippen molar-refractivity contribution in [1.29, 1.82) is 0 Å². The van der Waals surface area contributed by atoms with Crippen LogP contribution >= 0.6 is 27.5 Å². The van der Waals surface area contributed by atoms with Gasteiger partial charge in [-0.05, 0) is 62.1 Å². The summed E-state index contributed by atoms with van der Waals surface area (Å²) in [5.41, 5.74) is 3.22. The van der Waals surface area contributed by atoms with Crippen molar-refractivity contribution in [3.05, 3.63) is 69.7 Å². The first-order valence-corrected chi connectivity index (χ1v) is 12.0. The number of sulfonamides is 1. The van der Waals surface area contributed by atoms with Crippen LogP contribution in [0.1, 0.15) is 31.2 Å². The second kappa shape index (κ2) is 7.48. The molecule has 7 heteroatoms. The minimum atomic E-state index is -3.59. The summed E-state index contributed by atoms with van der Waals surface area (Å²) in [7, 11) is -3.59. The van der Waals surface area contributed by atoms with Gasteiger partial charge in [-0.15, -0.1) is 0 Å². The van der Waals surface area contributed by atoms with Gasteiger partial charge in [-0.3, -0.25) is 0 Å². The normalized spacial score (nSPS) is 23.8. The maximum atomic E-state index is 12.7. The van der Waals surface area contributed by atoms with E-state index in [9.17, 15) is 8.42 Å². The third-order valence-corrected chi connectivity index (χ3v) is 8.31. The van der Waals surface area contributed by atoms with E-state index in [4.69, 9.17) is 11.6 Å². The predicted molar refractivity (Wildman–Crippen MR) is 117 cm³/mol. The van der Waals surface area contributed by atoms with Crippen molar-refractivity contribution in [1.82, 2.24) is 4.72 Å². The zero-order chi connectivity index (χ0) is 19.9. The molecule has 2 aliphatic rings. The van der Waals surface area contributed by atoms with Gasteiger partial charge in [-0.25, -0.2) is 13.1 Å². The predicted octanol–water partition coefficient (Wildman–Crippen LogP) is 5.24. The average Bonchev–Trinajstić information content (AvgIpc) is 2.99. The third kappa shape index (κ3) is 3.30. The van der Waals surface area contributed by atoms with Gasteiger partial charge in [0, 0.05) is 38.7 Å². The van der Waals surface area contributed by atoms with Gasteiger partial charge in [-0.2, -0.15) is 0 Å². The summed E-state index contributed by atoms with van der Waals surface area (Å²) in [5.74, 6) is 0. The highest BCUT2D eigenvalue weighted by Gasteiger charge is 2.50. The van der Waals surface area contributed by atoms with Crippen LogP contribution < -0.4 is 10.0 Å². The van der Waals surface area contributed by atoms with Crippen LogP contribution in [0.4, 0.5) is 5.69 Å². The minimum Gasteiger partial charge on any atom is -0.381 e. The molecule has 1 heterocycles. The van der Waals surface area contributed by atoms with Gasteiger partial charge in [0.25, 0.3) is 0 Å². The van der Waals surface area contributed by atoms with E-state index in [1.54, 1.807) is 12.1 Å². The number of anilines is 1. The molecule has 2 N–H and O–H groups in total. The maximum absolute atomic E-state index is 12.7. The highest BCUT2D eigenvalue weighted by atomic mass is 79.9. The lowest BCUT2D eigenvalue weighted by Crippen LogP contribution is -2.45. The second-order valence-corrected chi connectivity index (χ2v) is 10.5. The molecule has 0 saturated heterocycles. The minimum absolute atomic E-state index is 0.222. The summed E-state index contributed by atoms with van der Waals surface area (Å²) >= 11 is 9.58. The molecule has 4 nitrogen and oxygen atoms in total. The molecule has 0 unspecified atom stereocenters. The zero-order valence-corrected chi connectivity index (χ0v) is 18.5. The van der Waals surface area contributed by atoms with E-state index in [-0.39, 0.29) is 16.4 Å². The van der Waals surface area contributed by atoms with Crippen LogP contribution in [0.5, 0.6) is 0 Å². The lowest BCUT2D eigenvalue weighted by atomic mass is 9.63. The number of halogens is 2. The Morgan fingerprint density at radius 3 is 2.75 bits per heavy atom. The van der Waals surface area contributed by atoms with Crippen molar-refractivity contribution in [3.63, 3.8) is 0 Å². The fourth-order valence-corrected chi connectivity index (χ4v) is 6.50. The molecule has 28 heavy (non-hydrogen) atoms. The molecule has 1 aliphatic carbocycles. The first-order chi connectivity index (χ1) is 13.3. The lowest BCUT2D eigenvalue weighted by molar-refractivity contribution is 0.343. The molecule has 2 aromatic carbocycles. The number of fused-ring (bicyclic) bond motifs is 3. The van der Waals surface area contributed by atoms with Crippen molar-refractivity contribution in [2.24, 2.45) is 0 Å². The molecule has 0 radical (unpaired) electrons. The van der Waals surface area contributed by atoms with Crippen LogP contribution in [0.15, 0.2) is 64.0 Å². The molecule has 148 valence electrons. The molecule has 1 fully saturated rings. The molecule has 0 bridgehead atoms. The Bertz CT molecular complexity index is 1020. The van der Waals surface area contributed by atoms with Crippen molar-refractivity contribution in [2.45, 2.75) is 42.0 Å². The van der Waals surface area contributed by atoms with Crippen LogP contribution in [0, 0.1) is 0 Å². The molecule has 0 aromatic heterocycles. The van der Waals surface area contributed by atoms with Gasteiger partial charge in [0.15, 0.2) is 0 Å². The van der Waals surface area contributed by atoms with Crippen LogP contribution in [-0.2, 0) is 15.4 Å². The van der Waals surface area contributed by atoms with E-state index < -0.39 is 10.0 Å². The van der Waals surface area contributed by atoms with Crippen molar-refractivity contribution in [2.75, 3.05) is 11.9 Å². The first-order valence-electron chi connectivity index (χ1n) is 9.33. The average molecular weight is 482 g/mol. The number of rotatable bonds is 5. The Morgan fingerprint density at radius 1 is 1.25 bits per heavy atom. The summed E-state index contributed by atoms with van der Waals surface area (Å²) in [6.07, 6.45) is 3.76. The molecule has 0 amide bonds. The molecular weight excluding hydrogens is 460 g/mol. The molecular formula is C21H22BrClN2O2S. The Kier molecular flexibility index (Phi) is 5.33. The van der Waals surface area contributed by atoms with Crippen LogP contribution in [0.2, 0.25) is 5.02 Å². The summed E-state index contributed by atoms with van der Waals surface area (Å²) in [5, 5.41) is 4.16. The Morgan fingerprint density at radius 2 is 2.00 bits per heavy atom. The van der Waals surface area contributed by atoms with E-state index in [1.807, 2.05) is 12.1 Å². The second-order valence-electron chi connectivity index (χ2n) is 7.43. The quantitative estimate of drug-likeness (QED) is 0.574. The Balaban J connectivity index is 1.60. The maximum Gasteiger partial charge on any atom is 0.240 e. The summed E-state index contributed by atoms with van der Waals surface area (Å²) in [6.45, 7) is 4.74. The smallest absolute Gasteiger partial charge is 0.240 e. The van der Waals surface area contributed by atoms with Crippen molar-refractivity contribution in [3.8, 4) is 0 Å². The van der Waals surface area contributed by atoms with Crippen LogP contribution in [0.25, 0.3) is 0 Å². The Hall–Kier alpha value is -1.34.